The molecule has 8 heteroatoms. The lowest BCUT2D eigenvalue weighted by molar-refractivity contribution is -0.0606. The summed E-state index contributed by atoms with van der Waals surface area (Å²) in [6, 6.07) is 12.2. The van der Waals surface area contributed by atoms with Crippen LogP contribution >= 0.6 is 0 Å². The Hall–Kier alpha value is -3.57. The second-order valence-electron chi connectivity index (χ2n) is 7.40. The molecule has 1 fully saturated rings. The van der Waals surface area contributed by atoms with Crippen molar-refractivity contribution >= 4 is 10.9 Å². The number of benzene rings is 1. The van der Waals surface area contributed by atoms with Crippen LogP contribution in [-0.2, 0) is 10.3 Å². The number of aromatic amines is 1. The maximum Gasteiger partial charge on any atom is 0.113 e. The first kappa shape index (κ1) is 17.5. The van der Waals surface area contributed by atoms with Gasteiger partial charge in [0.1, 0.15) is 11.2 Å². The van der Waals surface area contributed by atoms with Gasteiger partial charge < -0.3 is 4.74 Å². The molecule has 144 valence electrons. The van der Waals surface area contributed by atoms with Crippen molar-refractivity contribution in [3.05, 3.63) is 48.9 Å². The molecule has 1 aromatic carbocycles. The Kier molecular flexibility index (Phi) is 4.11. The minimum Gasteiger partial charge on any atom is -0.381 e. The van der Waals surface area contributed by atoms with Gasteiger partial charge in [0.25, 0.3) is 0 Å². The lowest BCUT2D eigenvalue weighted by atomic mass is 9.72. The van der Waals surface area contributed by atoms with E-state index in [1.54, 1.807) is 30.5 Å². The molecule has 0 radical (unpaired) electrons. The van der Waals surface area contributed by atoms with E-state index in [-0.39, 0.29) is 6.10 Å². The normalized spacial score (nSPS) is 21.0. The second-order valence-corrected chi connectivity index (χ2v) is 7.40. The maximum absolute atomic E-state index is 9.32. The van der Waals surface area contributed by atoms with E-state index in [0.717, 1.165) is 46.3 Å². The Balaban J connectivity index is 1.61. The van der Waals surface area contributed by atoms with Gasteiger partial charge in [-0.1, -0.05) is 6.07 Å². The van der Waals surface area contributed by atoms with Gasteiger partial charge in [0.2, 0.25) is 0 Å². The fraction of sp³-hybridized carbons (Fsp3) is 0.286. The Labute approximate surface area is 167 Å². The Morgan fingerprint density at radius 1 is 1.31 bits per heavy atom. The lowest BCUT2D eigenvalue weighted by Gasteiger charge is -2.44. The largest absolute Gasteiger partial charge is 0.381 e. The smallest absolute Gasteiger partial charge is 0.113 e. The second kappa shape index (κ2) is 6.79. The summed E-state index contributed by atoms with van der Waals surface area (Å²) in [7, 11) is 1.70. The fourth-order valence-electron chi connectivity index (χ4n) is 4.06. The predicted octanol–water partition coefficient (Wildman–Crippen LogP) is 3.30. The number of methoxy groups -OCH3 is 1. The van der Waals surface area contributed by atoms with Gasteiger partial charge >= 0.3 is 0 Å². The van der Waals surface area contributed by atoms with E-state index in [9.17, 15) is 5.26 Å². The van der Waals surface area contributed by atoms with Crippen LogP contribution in [0, 0.1) is 11.3 Å². The molecule has 0 bridgehead atoms. The van der Waals surface area contributed by atoms with Gasteiger partial charge in [-0.2, -0.15) is 25.4 Å². The van der Waals surface area contributed by atoms with Crippen LogP contribution in [0.4, 0.5) is 0 Å². The number of nitrogens with zero attached hydrogens (tertiary/aromatic N) is 6. The quantitative estimate of drug-likeness (QED) is 0.565. The number of H-pyrrole nitrogens is 1. The van der Waals surface area contributed by atoms with Crippen LogP contribution in [0.2, 0.25) is 0 Å². The molecule has 3 aromatic heterocycles. The summed E-state index contributed by atoms with van der Waals surface area (Å²) in [4.78, 5) is 6.22. The third kappa shape index (κ3) is 2.87. The van der Waals surface area contributed by atoms with Crippen molar-refractivity contribution in [2.75, 3.05) is 7.11 Å². The van der Waals surface area contributed by atoms with Gasteiger partial charge in [-0.15, -0.1) is 0 Å². The van der Waals surface area contributed by atoms with Crippen LogP contribution in [0.25, 0.3) is 33.4 Å². The van der Waals surface area contributed by atoms with E-state index in [2.05, 4.69) is 32.4 Å². The van der Waals surface area contributed by atoms with Crippen molar-refractivity contribution in [3.63, 3.8) is 0 Å². The Bertz CT molecular complexity index is 1200. The average molecular weight is 385 g/mol. The van der Waals surface area contributed by atoms with E-state index < -0.39 is 5.54 Å². The van der Waals surface area contributed by atoms with E-state index in [1.807, 2.05) is 24.3 Å². The zero-order valence-electron chi connectivity index (χ0n) is 15.9. The molecular weight excluding hydrogens is 366 g/mol. The molecule has 1 saturated carbocycles. The molecule has 0 atom stereocenters. The van der Waals surface area contributed by atoms with Crippen LogP contribution in [0.5, 0.6) is 0 Å². The van der Waals surface area contributed by atoms with Crippen LogP contribution in [0.1, 0.15) is 19.3 Å². The molecule has 1 N–H and O–H groups in total. The minimum absolute atomic E-state index is 0.144. The molecule has 4 aromatic rings. The first-order valence-corrected chi connectivity index (χ1v) is 9.44. The number of nitriles is 1. The summed E-state index contributed by atoms with van der Waals surface area (Å²) in [5, 5.41) is 26.8. The monoisotopic (exact) mass is 385 g/mol. The lowest BCUT2D eigenvalue weighted by Crippen LogP contribution is -2.50. The highest BCUT2D eigenvalue weighted by molar-refractivity contribution is 5.96. The van der Waals surface area contributed by atoms with E-state index >= 15 is 0 Å². The van der Waals surface area contributed by atoms with Crippen LogP contribution < -0.4 is 0 Å². The minimum atomic E-state index is -0.401. The van der Waals surface area contributed by atoms with Gasteiger partial charge in [0.05, 0.1) is 36.0 Å². The van der Waals surface area contributed by atoms with Crippen molar-refractivity contribution in [1.82, 2.24) is 30.2 Å². The molecule has 1 aliphatic rings. The summed E-state index contributed by atoms with van der Waals surface area (Å²) in [6.07, 6.45) is 7.31. The van der Waals surface area contributed by atoms with E-state index in [4.69, 9.17) is 9.84 Å². The molecule has 8 nitrogen and oxygen atoms in total. The van der Waals surface area contributed by atoms with Gasteiger partial charge in [0.15, 0.2) is 0 Å². The molecule has 0 amide bonds. The molecule has 5 rings (SSSR count). The molecule has 3 heterocycles. The summed E-state index contributed by atoms with van der Waals surface area (Å²) >= 11 is 0. The highest BCUT2D eigenvalue weighted by Gasteiger charge is 2.48. The molecule has 29 heavy (non-hydrogen) atoms. The summed E-state index contributed by atoms with van der Waals surface area (Å²) in [6.45, 7) is 0. The number of ether oxygens (including phenoxy) is 1. The number of hydrogen-bond donors (Lipinski definition) is 1. The molecule has 0 spiro atoms. The van der Waals surface area contributed by atoms with Crippen LogP contribution in [-0.4, -0.2) is 43.4 Å². The topological polar surface area (TPSA) is 105 Å². The number of aromatic nitrogens is 6. The number of nitrogens with one attached hydrogen (secondary N) is 1. The Morgan fingerprint density at radius 3 is 2.97 bits per heavy atom. The third-order valence-electron chi connectivity index (χ3n) is 5.67. The number of rotatable bonds is 5. The van der Waals surface area contributed by atoms with Crippen molar-refractivity contribution in [3.8, 4) is 28.6 Å². The molecule has 1 aliphatic carbocycles. The first-order valence-electron chi connectivity index (χ1n) is 9.44. The van der Waals surface area contributed by atoms with Crippen LogP contribution in [0.3, 0.4) is 0 Å². The highest BCUT2D eigenvalue weighted by atomic mass is 16.5. The fourth-order valence-corrected chi connectivity index (χ4v) is 4.06. The Morgan fingerprint density at radius 2 is 2.21 bits per heavy atom. The number of fused-ring (bicyclic) bond motifs is 1. The predicted molar refractivity (Wildman–Crippen MR) is 107 cm³/mol. The van der Waals surface area contributed by atoms with Gasteiger partial charge in [-0.05, 0) is 24.3 Å². The van der Waals surface area contributed by atoms with Gasteiger partial charge in [-0.25, -0.2) is 0 Å². The molecule has 0 aliphatic heterocycles. The SMILES string of the molecule is CO[C@H]1C[C@@](CC#N)(n2ncc(-c3cc(-c4cc[nH]n4)cc4ncccc34)n2)C1. The van der Waals surface area contributed by atoms with E-state index in [0.29, 0.717) is 6.42 Å². The molecule has 0 unspecified atom stereocenters. The molecular formula is C21H19N7O. The zero-order valence-corrected chi connectivity index (χ0v) is 15.9. The average Bonchev–Trinajstić information content (AvgIpc) is 3.42. The molecule has 0 saturated heterocycles. The number of pyridine rings is 1. The highest BCUT2D eigenvalue weighted by Crippen LogP contribution is 2.43. The van der Waals surface area contributed by atoms with Crippen molar-refractivity contribution in [1.29, 1.82) is 5.26 Å². The summed E-state index contributed by atoms with van der Waals surface area (Å²) in [5.74, 6) is 0. The number of hydrogen-bond acceptors (Lipinski definition) is 6. The zero-order chi connectivity index (χ0) is 19.8. The van der Waals surface area contributed by atoms with Gasteiger partial charge in [-0.3, -0.25) is 10.1 Å². The van der Waals surface area contributed by atoms with Crippen molar-refractivity contribution in [2.45, 2.75) is 30.9 Å². The summed E-state index contributed by atoms with van der Waals surface area (Å²) in [5.41, 5.74) is 3.95. The van der Waals surface area contributed by atoms with Crippen molar-refractivity contribution < 1.29 is 4.74 Å². The van der Waals surface area contributed by atoms with Gasteiger partial charge in [0, 0.05) is 48.9 Å². The first-order chi connectivity index (χ1) is 14.2. The van der Waals surface area contributed by atoms with E-state index in [1.165, 1.54) is 0 Å². The third-order valence-corrected chi connectivity index (χ3v) is 5.67. The van der Waals surface area contributed by atoms with Crippen molar-refractivity contribution in [2.24, 2.45) is 0 Å². The van der Waals surface area contributed by atoms with Crippen LogP contribution in [0.15, 0.2) is 48.9 Å². The standard InChI is InChI=1S/C21H19N7O/c1-29-15-11-21(12-15,5-6-22)28-25-13-20(27-28)17-9-14(18-4-8-24-26-18)10-19-16(17)3-2-7-23-19/h2-4,7-10,13,15H,5,11-12H2,1H3,(H,24,26)/t15-,21+. The summed E-state index contributed by atoms with van der Waals surface area (Å²) < 4.78 is 5.42. The maximum atomic E-state index is 9.32.